The summed E-state index contributed by atoms with van der Waals surface area (Å²) in [6.45, 7) is 0.173. The molecule has 1 aliphatic rings. The van der Waals surface area contributed by atoms with Crippen molar-refractivity contribution in [2.45, 2.75) is 38.3 Å². The first-order valence-electron chi connectivity index (χ1n) is 7.96. The Hall–Kier alpha value is -2.50. The van der Waals surface area contributed by atoms with Gasteiger partial charge in [0.25, 0.3) is 5.91 Å². The molecule has 1 N–H and O–H groups in total. The minimum atomic E-state index is -0.785. The standard InChI is InChI=1S/C18H18F2N2O2/c19-14-8-13(9-15(20)10-14)17(23)22-11-12-4-3-7-21-18(12)24-16-5-1-2-6-16/h3-4,7-10,16H,1-2,5-6,11H2,(H,22,23). The van der Waals surface area contributed by atoms with E-state index in [1.807, 2.05) is 6.07 Å². The summed E-state index contributed by atoms with van der Waals surface area (Å²) < 4.78 is 32.3. The van der Waals surface area contributed by atoms with Crippen molar-refractivity contribution in [1.29, 1.82) is 0 Å². The number of benzene rings is 1. The first-order chi connectivity index (χ1) is 11.6. The number of hydrogen-bond acceptors (Lipinski definition) is 3. The molecule has 4 nitrogen and oxygen atoms in total. The Morgan fingerprint density at radius 3 is 2.62 bits per heavy atom. The number of carbonyl (C=O) groups is 1. The third kappa shape index (κ3) is 4.07. The second kappa shape index (κ2) is 7.38. The average molecular weight is 332 g/mol. The number of amides is 1. The smallest absolute Gasteiger partial charge is 0.251 e. The van der Waals surface area contributed by atoms with Gasteiger partial charge in [-0.1, -0.05) is 6.07 Å². The summed E-state index contributed by atoms with van der Waals surface area (Å²) >= 11 is 0. The molecule has 1 aromatic heterocycles. The zero-order valence-corrected chi connectivity index (χ0v) is 13.1. The number of nitrogens with one attached hydrogen (secondary N) is 1. The Balaban J connectivity index is 1.66. The largest absolute Gasteiger partial charge is 0.474 e. The van der Waals surface area contributed by atoms with E-state index in [0.29, 0.717) is 5.88 Å². The first-order valence-corrected chi connectivity index (χ1v) is 7.96. The van der Waals surface area contributed by atoms with Gasteiger partial charge in [0.1, 0.15) is 17.7 Å². The Kier molecular flexibility index (Phi) is 5.03. The predicted molar refractivity (Wildman–Crippen MR) is 84.6 cm³/mol. The molecule has 0 atom stereocenters. The molecule has 0 unspecified atom stereocenters. The highest BCUT2D eigenvalue weighted by Gasteiger charge is 2.19. The molecule has 2 aromatic rings. The third-order valence-corrected chi connectivity index (χ3v) is 3.99. The summed E-state index contributed by atoms with van der Waals surface area (Å²) in [5, 5.41) is 2.64. The monoisotopic (exact) mass is 332 g/mol. The van der Waals surface area contributed by atoms with Crippen molar-refractivity contribution in [3.05, 3.63) is 59.3 Å². The molecule has 1 amide bonds. The molecule has 0 saturated heterocycles. The maximum Gasteiger partial charge on any atom is 0.251 e. The van der Waals surface area contributed by atoms with E-state index < -0.39 is 17.5 Å². The van der Waals surface area contributed by atoms with Crippen LogP contribution in [-0.2, 0) is 6.54 Å². The summed E-state index contributed by atoms with van der Waals surface area (Å²) in [6, 6.07) is 6.29. The van der Waals surface area contributed by atoms with Gasteiger partial charge in [-0.15, -0.1) is 0 Å². The fourth-order valence-corrected chi connectivity index (χ4v) is 2.79. The van der Waals surface area contributed by atoms with Crippen LogP contribution in [0, 0.1) is 11.6 Å². The van der Waals surface area contributed by atoms with Crippen LogP contribution in [0.15, 0.2) is 36.5 Å². The van der Waals surface area contributed by atoms with Gasteiger partial charge in [-0.2, -0.15) is 0 Å². The van der Waals surface area contributed by atoms with Gasteiger partial charge in [0.15, 0.2) is 0 Å². The number of hydrogen-bond donors (Lipinski definition) is 1. The number of pyridine rings is 1. The molecule has 0 bridgehead atoms. The summed E-state index contributed by atoms with van der Waals surface area (Å²) in [5.41, 5.74) is 0.671. The van der Waals surface area contributed by atoms with Gasteiger partial charge >= 0.3 is 0 Å². The molecular formula is C18H18F2N2O2. The van der Waals surface area contributed by atoms with Crippen molar-refractivity contribution in [3.63, 3.8) is 0 Å². The van der Waals surface area contributed by atoms with Crippen molar-refractivity contribution in [3.8, 4) is 5.88 Å². The van der Waals surface area contributed by atoms with E-state index in [4.69, 9.17) is 4.74 Å². The van der Waals surface area contributed by atoms with Gasteiger partial charge in [-0.3, -0.25) is 4.79 Å². The molecule has 1 heterocycles. The highest BCUT2D eigenvalue weighted by Crippen LogP contribution is 2.25. The van der Waals surface area contributed by atoms with Gasteiger partial charge in [-0.05, 0) is 43.9 Å². The average Bonchev–Trinajstić information content (AvgIpc) is 3.06. The molecule has 126 valence electrons. The number of halogens is 2. The quantitative estimate of drug-likeness (QED) is 0.910. The predicted octanol–water partition coefficient (Wildman–Crippen LogP) is 3.61. The molecule has 1 saturated carbocycles. The number of rotatable bonds is 5. The molecule has 0 radical (unpaired) electrons. The van der Waals surface area contributed by atoms with Crippen LogP contribution < -0.4 is 10.1 Å². The lowest BCUT2D eigenvalue weighted by Gasteiger charge is -2.15. The second-order valence-electron chi connectivity index (χ2n) is 5.83. The highest BCUT2D eigenvalue weighted by atomic mass is 19.1. The van der Waals surface area contributed by atoms with E-state index in [2.05, 4.69) is 10.3 Å². The number of nitrogens with zero attached hydrogens (tertiary/aromatic N) is 1. The fourth-order valence-electron chi connectivity index (χ4n) is 2.79. The number of aromatic nitrogens is 1. The van der Waals surface area contributed by atoms with E-state index in [1.165, 1.54) is 0 Å². The Labute approximate surface area is 138 Å². The Morgan fingerprint density at radius 1 is 1.21 bits per heavy atom. The van der Waals surface area contributed by atoms with Crippen LogP contribution >= 0.6 is 0 Å². The highest BCUT2D eigenvalue weighted by molar-refractivity contribution is 5.94. The van der Waals surface area contributed by atoms with Crippen LogP contribution in [0.2, 0.25) is 0 Å². The fraction of sp³-hybridized carbons (Fsp3) is 0.333. The first kappa shape index (κ1) is 16.4. The van der Waals surface area contributed by atoms with Gasteiger partial charge in [0.2, 0.25) is 5.88 Å². The van der Waals surface area contributed by atoms with Crippen LogP contribution in [0.1, 0.15) is 41.6 Å². The molecule has 1 aliphatic carbocycles. The number of ether oxygens (including phenoxy) is 1. The zero-order valence-electron chi connectivity index (χ0n) is 13.1. The lowest BCUT2D eigenvalue weighted by molar-refractivity contribution is 0.0949. The van der Waals surface area contributed by atoms with Crippen molar-refractivity contribution < 1.29 is 18.3 Å². The number of carbonyl (C=O) groups excluding carboxylic acids is 1. The van der Waals surface area contributed by atoms with Crippen LogP contribution in [0.25, 0.3) is 0 Å². The maximum absolute atomic E-state index is 13.2. The minimum Gasteiger partial charge on any atom is -0.474 e. The topological polar surface area (TPSA) is 51.2 Å². The zero-order chi connectivity index (χ0) is 16.9. The van der Waals surface area contributed by atoms with Gasteiger partial charge < -0.3 is 10.1 Å². The summed E-state index contributed by atoms with van der Waals surface area (Å²) in [4.78, 5) is 16.3. The van der Waals surface area contributed by atoms with Crippen molar-refractivity contribution in [2.24, 2.45) is 0 Å². The second-order valence-corrected chi connectivity index (χ2v) is 5.83. The molecular weight excluding hydrogens is 314 g/mol. The van der Waals surface area contributed by atoms with E-state index >= 15 is 0 Å². The van der Waals surface area contributed by atoms with Gasteiger partial charge in [0.05, 0.1) is 0 Å². The summed E-state index contributed by atoms with van der Waals surface area (Å²) in [5.74, 6) is -1.63. The SMILES string of the molecule is O=C(NCc1cccnc1OC1CCCC1)c1cc(F)cc(F)c1. The molecule has 0 spiro atoms. The molecule has 3 rings (SSSR count). The minimum absolute atomic E-state index is 0.0605. The van der Waals surface area contributed by atoms with Crippen LogP contribution in [0.3, 0.4) is 0 Å². The third-order valence-electron chi connectivity index (χ3n) is 3.99. The van der Waals surface area contributed by atoms with E-state index in [-0.39, 0.29) is 18.2 Å². The summed E-state index contributed by atoms with van der Waals surface area (Å²) in [7, 11) is 0. The van der Waals surface area contributed by atoms with Crippen molar-refractivity contribution in [1.82, 2.24) is 10.3 Å². The molecule has 0 aliphatic heterocycles. The van der Waals surface area contributed by atoms with Crippen LogP contribution in [0.5, 0.6) is 5.88 Å². The van der Waals surface area contributed by atoms with Crippen molar-refractivity contribution in [2.75, 3.05) is 0 Å². The lowest BCUT2D eigenvalue weighted by atomic mass is 10.2. The lowest BCUT2D eigenvalue weighted by Crippen LogP contribution is -2.24. The Bertz CT molecular complexity index is 710. The van der Waals surface area contributed by atoms with E-state index in [0.717, 1.165) is 49.4 Å². The molecule has 1 fully saturated rings. The van der Waals surface area contributed by atoms with E-state index in [1.54, 1.807) is 12.3 Å². The van der Waals surface area contributed by atoms with Gasteiger partial charge in [0, 0.05) is 29.9 Å². The molecule has 24 heavy (non-hydrogen) atoms. The summed E-state index contributed by atoms with van der Waals surface area (Å²) in [6.07, 6.45) is 6.10. The molecule has 1 aromatic carbocycles. The molecule has 6 heteroatoms. The van der Waals surface area contributed by atoms with Crippen LogP contribution in [0.4, 0.5) is 8.78 Å². The van der Waals surface area contributed by atoms with Crippen LogP contribution in [-0.4, -0.2) is 17.0 Å². The Morgan fingerprint density at radius 2 is 1.92 bits per heavy atom. The van der Waals surface area contributed by atoms with Crippen molar-refractivity contribution >= 4 is 5.91 Å². The van der Waals surface area contributed by atoms with E-state index in [9.17, 15) is 13.6 Å². The normalized spacial score (nSPS) is 14.6. The van der Waals surface area contributed by atoms with Gasteiger partial charge in [-0.25, -0.2) is 13.8 Å². The maximum atomic E-state index is 13.2.